The predicted octanol–water partition coefficient (Wildman–Crippen LogP) is 3.97. The minimum Gasteiger partial charge on any atom is -0.494 e. The highest BCUT2D eigenvalue weighted by molar-refractivity contribution is 7.99. The summed E-state index contributed by atoms with van der Waals surface area (Å²) in [7, 11) is 0. The van der Waals surface area contributed by atoms with Crippen molar-refractivity contribution in [2.45, 2.75) is 11.3 Å². The highest BCUT2D eigenvalue weighted by Crippen LogP contribution is 2.22. The summed E-state index contributed by atoms with van der Waals surface area (Å²) in [5.74, 6) is 1.46. The number of hydrogen-bond acceptors (Lipinski definition) is 3. The van der Waals surface area contributed by atoms with E-state index in [2.05, 4.69) is 0 Å². The SMILES string of the molecule is Nc1cc(F)cc(SCCCOc2ccccc2)c1. The van der Waals surface area contributed by atoms with Crippen LogP contribution in [0.3, 0.4) is 0 Å². The van der Waals surface area contributed by atoms with Gasteiger partial charge in [0.15, 0.2) is 0 Å². The van der Waals surface area contributed by atoms with Gasteiger partial charge in [-0.25, -0.2) is 4.39 Å². The largest absolute Gasteiger partial charge is 0.494 e. The number of halogens is 1. The number of para-hydroxylation sites is 1. The third-order valence-electron chi connectivity index (χ3n) is 2.46. The van der Waals surface area contributed by atoms with Crippen molar-refractivity contribution < 1.29 is 9.13 Å². The van der Waals surface area contributed by atoms with E-state index in [1.807, 2.05) is 30.3 Å². The molecule has 0 atom stereocenters. The van der Waals surface area contributed by atoms with E-state index in [1.165, 1.54) is 12.1 Å². The van der Waals surface area contributed by atoms with Crippen molar-refractivity contribution in [3.05, 3.63) is 54.3 Å². The van der Waals surface area contributed by atoms with E-state index >= 15 is 0 Å². The predicted molar refractivity (Wildman–Crippen MR) is 78.1 cm³/mol. The van der Waals surface area contributed by atoms with Crippen LogP contribution in [0.15, 0.2) is 53.4 Å². The van der Waals surface area contributed by atoms with Crippen molar-refractivity contribution >= 4 is 17.4 Å². The lowest BCUT2D eigenvalue weighted by molar-refractivity contribution is 0.319. The second kappa shape index (κ2) is 7.04. The Morgan fingerprint density at radius 1 is 1.11 bits per heavy atom. The van der Waals surface area contributed by atoms with Crippen LogP contribution in [0.1, 0.15) is 6.42 Å². The molecule has 100 valence electrons. The topological polar surface area (TPSA) is 35.2 Å². The highest BCUT2D eigenvalue weighted by atomic mass is 32.2. The maximum Gasteiger partial charge on any atom is 0.126 e. The average molecular weight is 277 g/mol. The van der Waals surface area contributed by atoms with Gasteiger partial charge in [0.25, 0.3) is 0 Å². The number of rotatable bonds is 6. The van der Waals surface area contributed by atoms with Crippen LogP contribution in [0.4, 0.5) is 10.1 Å². The van der Waals surface area contributed by atoms with Crippen LogP contribution in [0.2, 0.25) is 0 Å². The Morgan fingerprint density at radius 2 is 1.89 bits per heavy atom. The van der Waals surface area contributed by atoms with Crippen molar-refractivity contribution in [3.8, 4) is 5.75 Å². The van der Waals surface area contributed by atoms with Crippen LogP contribution in [-0.4, -0.2) is 12.4 Å². The maximum absolute atomic E-state index is 13.1. The minimum atomic E-state index is -0.289. The molecule has 19 heavy (non-hydrogen) atoms. The second-order valence-electron chi connectivity index (χ2n) is 4.08. The van der Waals surface area contributed by atoms with Gasteiger partial charge < -0.3 is 10.5 Å². The number of benzene rings is 2. The molecule has 2 N–H and O–H groups in total. The summed E-state index contributed by atoms with van der Waals surface area (Å²) in [6.45, 7) is 0.655. The molecule has 2 nitrogen and oxygen atoms in total. The molecule has 0 aliphatic rings. The van der Waals surface area contributed by atoms with E-state index in [9.17, 15) is 4.39 Å². The molecule has 2 aromatic carbocycles. The Labute approximate surface area is 116 Å². The van der Waals surface area contributed by atoms with Gasteiger partial charge in [-0.05, 0) is 36.8 Å². The fourth-order valence-electron chi connectivity index (χ4n) is 1.62. The molecule has 0 aliphatic heterocycles. The summed E-state index contributed by atoms with van der Waals surface area (Å²) < 4.78 is 18.7. The van der Waals surface area contributed by atoms with Gasteiger partial charge in [-0.1, -0.05) is 18.2 Å². The molecule has 0 fully saturated rings. The van der Waals surface area contributed by atoms with E-state index in [-0.39, 0.29) is 5.82 Å². The number of thioether (sulfide) groups is 1. The normalized spacial score (nSPS) is 10.4. The third-order valence-corrected chi connectivity index (χ3v) is 3.52. The van der Waals surface area contributed by atoms with Crippen molar-refractivity contribution in [1.82, 2.24) is 0 Å². The van der Waals surface area contributed by atoms with E-state index in [0.29, 0.717) is 12.3 Å². The molecular formula is C15H16FNOS. The summed E-state index contributed by atoms with van der Waals surface area (Å²) in [6, 6.07) is 14.3. The third kappa shape index (κ3) is 4.83. The van der Waals surface area contributed by atoms with Gasteiger partial charge in [-0.3, -0.25) is 0 Å². The Hall–Kier alpha value is -1.68. The first-order valence-electron chi connectivity index (χ1n) is 6.11. The van der Waals surface area contributed by atoms with Crippen LogP contribution in [-0.2, 0) is 0 Å². The molecule has 0 bridgehead atoms. The summed E-state index contributed by atoms with van der Waals surface area (Å²) in [4.78, 5) is 0.859. The average Bonchev–Trinajstić information content (AvgIpc) is 2.38. The molecule has 4 heteroatoms. The van der Waals surface area contributed by atoms with Crippen LogP contribution < -0.4 is 10.5 Å². The highest BCUT2D eigenvalue weighted by Gasteiger charge is 1.99. The number of nitrogens with two attached hydrogens (primary N) is 1. The van der Waals surface area contributed by atoms with Crippen molar-refractivity contribution in [2.24, 2.45) is 0 Å². The lowest BCUT2D eigenvalue weighted by Crippen LogP contribution is -1.98. The van der Waals surface area contributed by atoms with Crippen molar-refractivity contribution in [1.29, 1.82) is 0 Å². The van der Waals surface area contributed by atoms with Gasteiger partial charge >= 0.3 is 0 Å². The molecule has 0 radical (unpaired) electrons. The zero-order chi connectivity index (χ0) is 13.5. The Bertz CT molecular complexity index is 499. The molecule has 2 aromatic rings. The fraction of sp³-hybridized carbons (Fsp3) is 0.200. The van der Waals surface area contributed by atoms with E-state index in [1.54, 1.807) is 17.8 Å². The number of hydrogen-bond donors (Lipinski definition) is 1. The molecule has 0 aromatic heterocycles. The summed E-state index contributed by atoms with van der Waals surface area (Å²) >= 11 is 1.58. The molecule has 0 saturated heterocycles. The molecule has 0 saturated carbocycles. The Morgan fingerprint density at radius 3 is 2.63 bits per heavy atom. The first kappa shape index (κ1) is 13.7. The molecule has 2 rings (SSSR count). The van der Waals surface area contributed by atoms with Gasteiger partial charge in [-0.15, -0.1) is 11.8 Å². The van der Waals surface area contributed by atoms with Gasteiger partial charge in [-0.2, -0.15) is 0 Å². The molecule has 0 amide bonds. The van der Waals surface area contributed by atoms with Crippen LogP contribution in [0.25, 0.3) is 0 Å². The fourth-order valence-corrected chi connectivity index (χ4v) is 2.54. The molecule has 0 spiro atoms. The molecular weight excluding hydrogens is 261 g/mol. The lowest BCUT2D eigenvalue weighted by Gasteiger charge is -2.06. The van der Waals surface area contributed by atoms with E-state index in [0.717, 1.165) is 22.8 Å². The number of nitrogen functional groups attached to an aromatic ring is 1. The number of ether oxygens (including phenoxy) is 1. The zero-order valence-electron chi connectivity index (χ0n) is 10.5. The smallest absolute Gasteiger partial charge is 0.126 e. The van der Waals surface area contributed by atoms with Crippen LogP contribution in [0.5, 0.6) is 5.75 Å². The van der Waals surface area contributed by atoms with Crippen molar-refractivity contribution in [3.63, 3.8) is 0 Å². The monoisotopic (exact) mass is 277 g/mol. The first-order chi connectivity index (χ1) is 9.24. The summed E-state index contributed by atoms with van der Waals surface area (Å²) in [5, 5.41) is 0. The zero-order valence-corrected chi connectivity index (χ0v) is 11.3. The maximum atomic E-state index is 13.1. The minimum absolute atomic E-state index is 0.289. The van der Waals surface area contributed by atoms with Crippen molar-refractivity contribution in [2.75, 3.05) is 18.1 Å². The van der Waals surface area contributed by atoms with E-state index in [4.69, 9.17) is 10.5 Å². The van der Waals surface area contributed by atoms with Gasteiger partial charge in [0, 0.05) is 16.3 Å². The second-order valence-corrected chi connectivity index (χ2v) is 5.25. The van der Waals surface area contributed by atoms with Crippen LogP contribution in [0, 0.1) is 5.82 Å². The summed E-state index contributed by atoms with van der Waals surface area (Å²) in [6.07, 6.45) is 0.899. The standard InChI is InChI=1S/C15H16FNOS/c16-12-9-13(17)11-15(10-12)19-8-4-7-18-14-5-2-1-3-6-14/h1-3,5-6,9-11H,4,7-8,17H2. The van der Waals surface area contributed by atoms with Gasteiger partial charge in [0.05, 0.1) is 6.61 Å². The van der Waals surface area contributed by atoms with Gasteiger partial charge in [0.1, 0.15) is 11.6 Å². The van der Waals surface area contributed by atoms with Gasteiger partial charge in [0.2, 0.25) is 0 Å². The lowest BCUT2D eigenvalue weighted by atomic mass is 10.3. The summed E-state index contributed by atoms with van der Waals surface area (Å²) in [5.41, 5.74) is 6.05. The number of anilines is 1. The molecule has 0 unspecified atom stereocenters. The van der Waals surface area contributed by atoms with E-state index < -0.39 is 0 Å². The molecule has 0 heterocycles. The quantitative estimate of drug-likeness (QED) is 0.493. The Kier molecular flexibility index (Phi) is 5.10. The molecule has 0 aliphatic carbocycles. The first-order valence-corrected chi connectivity index (χ1v) is 7.09. The van der Waals surface area contributed by atoms with Crippen LogP contribution >= 0.6 is 11.8 Å². The Balaban J connectivity index is 1.69.